The molecule has 76 valence electrons. The van der Waals surface area contributed by atoms with Crippen molar-refractivity contribution in [1.29, 1.82) is 0 Å². The van der Waals surface area contributed by atoms with E-state index in [1.807, 2.05) is 0 Å². The summed E-state index contributed by atoms with van der Waals surface area (Å²) >= 11 is 0. The summed E-state index contributed by atoms with van der Waals surface area (Å²) in [5.41, 5.74) is 3.03. The number of benzene rings is 1. The summed E-state index contributed by atoms with van der Waals surface area (Å²) in [7, 11) is 0. The first-order valence-electron chi connectivity index (χ1n) is 5.70. The standard InChI is InChI=1S/C13H19N/c1-2-3-8-13-9-11-6-4-5-7-12(11)10-14-13/h4-7,13-14H,2-3,8-10H2,1H3. The maximum Gasteiger partial charge on any atom is 0.0210 e. The summed E-state index contributed by atoms with van der Waals surface area (Å²) < 4.78 is 0. The Kier molecular flexibility index (Phi) is 3.20. The number of rotatable bonds is 3. The molecule has 0 radical (unpaired) electrons. The first-order chi connectivity index (χ1) is 6.90. The molecule has 2 rings (SSSR count). The molecule has 1 heterocycles. The van der Waals surface area contributed by atoms with Crippen LogP contribution in [0.5, 0.6) is 0 Å². The van der Waals surface area contributed by atoms with Crippen LogP contribution in [0.15, 0.2) is 24.3 Å². The molecule has 1 aliphatic heterocycles. The molecular weight excluding hydrogens is 170 g/mol. The minimum absolute atomic E-state index is 0.713. The van der Waals surface area contributed by atoms with E-state index < -0.39 is 0 Å². The predicted molar refractivity (Wildman–Crippen MR) is 60.3 cm³/mol. The molecular formula is C13H19N. The van der Waals surface area contributed by atoms with Crippen molar-refractivity contribution in [2.45, 2.75) is 45.2 Å². The minimum atomic E-state index is 0.713. The number of hydrogen-bond acceptors (Lipinski definition) is 1. The summed E-state index contributed by atoms with van der Waals surface area (Å²) in [6, 6.07) is 9.51. The quantitative estimate of drug-likeness (QED) is 0.771. The largest absolute Gasteiger partial charge is 0.310 e. The molecule has 0 spiro atoms. The van der Waals surface area contributed by atoms with Gasteiger partial charge in [-0.25, -0.2) is 0 Å². The van der Waals surface area contributed by atoms with E-state index in [0.29, 0.717) is 6.04 Å². The van der Waals surface area contributed by atoms with Crippen molar-refractivity contribution >= 4 is 0 Å². The lowest BCUT2D eigenvalue weighted by atomic mass is 9.93. The van der Waals surface area contributed by atoms with Crippen LogP contribution in [-0.4, -0.2) is 6.04 Å². The van der Waals surface area contributed by atoms with E-state index in [4.69, 9.17) is 0 Å². The molecule has 1 N–H and O–H groups in total. The number of nitrogens with one attached hydrogen (secondary N) is 1. The highest BCUT2D eigenvalue weighted by molar-refractivity contribution is 5.29. The van der Waals surface area contributed by atoms with Crippen molar-refractivity contribution in [3.05, 3.63) is 35.4 Å². The maximum atomic E-state index is 3.61. The van der Waals surface area contributed by atoms with Crippen molar-refractivity contribution < 1.29 is 0 Å². The minimum Gasteiger partial charge on any atom is -0.310 e. The highest BCUT2D eigenvalue weighted by atomic mass is 14.9. The van der Waals surface area contributed by atoms with Crippen LogP contribution in [0.3, 0.4) is 0 Å². The van der Waals surface area contributed by atoms with Gasteiger partial charge in [0.2, 0.25) is 0 Å². The fourth-order valence-corrected chi connectivity index (χ4v) is 2.18. The molecule has 0 aliphatic carbocycles. The van der Waals surface area contributed by atoms with Crippen molar-refractivity contribution in [2.24, 2.45) is 0 Å². The zero-order chi connectivity index (χ0) is 9.80. The summed E-state index contributed by atoms with van der Waals surface area (Å²) in [6.07, 6.45) is 5.20. The Morgan fingerprint density at radius 1 is 1.29 bits per heavy atom. The first-order valence-corrected chi connectivity index (χ1v) is 5.70. The Bertz CT molecular complexity index is 293. The Hall–Kier alpha value is -0.820. The fraction of sp³-hybridized carbons (Fsp3) is 0.538. The van der Waals surface area contributed by atoms with E-state index in [1.54, 1.807) is 5.56 Å². The lowest BCUT2D eigenvalue weighted by molar-refractivity contribution is 0.439. The molecule has 0 aromatic heterocycles. The van der Waals surface area contributed by atoms with Crippen LogP contribution >= 0.6 is 0 Å². The highest BCUT2D eigenvalue weighted by Crippen LogP contribution is 2.18. The van der Waals surface area contributed by atoms with Crippen molar-refractivity contribution in [3.8, 4) is 0 Å². The Morgan fingerprint density at radius 3 is 2.86 bits per heavy atom. The summed E-state index contributed by atoms with van der Waals surface area (Å²) in [5.74, 6) is 0. The third-order valence-corrected chi connectivity index (χ3v) is 3.07. The van der Waals surface area contributed by atoms with E-state index in [-0.39, 0.29) is 0 Å². The topological polar surface area (TPSA) is 12.0 Å². The molecule has 1 aliphatic rings. The molecule has 1 heteroatoms. The van der Waals surface area contributed by atoms with Crippen molar-refractivity contribution in [1.82, 2.24) is 5.32 Å². The van der Waals surface area contributed by atoms with E-state index in [1.165, 1.54) is 31.2 Å². The van der Waals surface area contributed by atoms with Gasteiger partial charge in [0.1, 0.15) is 0 Å². The van der Waals surface area contributed by atoms with Gasteiger partial charge in [0, 0.05) is 12.6 Å². The van der Waals surface area contributed by atoms with Crippen molar-refractivity contribution in [2.75, 3.05) is 0 Å². The number of unbranched alkanes of at least 4 members (excludes halogenated alkanes) is 1. The Labute approximate surface area is 86.5 Å². The summed E-state index contributed by atoms with van der Waals surface area (Å²) in [5, 5.41) is 3.61. The molecule has 0 saturated carbocycles. The predicted octanol–water partition coefficient (Wildman–Crippen LogP) is 2.89. The van der Waals surface area contributed by atoms with Gasteiger partial charge in [-0.05, 0) is 24.0 Å². The Morgan fingerprint density at radius 2 is 2.07 bits per heavy atom. The number of hydrogen-bond donors (Lipinski definition) is 1. The third-order valence-electron chi connectivity index (χ3n) is 3.07. The molecule has 1 nitrogen and oxygen atoms in total. The molecule has 14 heavy (non-hydrogen) atoms. The van der Waals surface area contributed by atoms with Crippen LogP contribution in [0.2, 0.25) is 0 Å². The van der Waals surface area contributed by atoms with E-state index in [9.17, 15) is 0 Å². The Balaban J connectivity index is 1.99. The third kappa shape index (κ3) is 2.16. The van der Waals surface area contributed by atoms with Crippen LogP contribution in [0.1, 0.15) is 37.3 Å². The molecule has 1 unspecified atom stereocenters. The van der Waals surface area contributed by atoms with Gasteiger partial charge in [-0.2, -0.15) is 0 Å². The van der Waals surface area contributed by atoms with Crippen LogP contribution < -0.4 is 5.32 Å². The second kappa shape index (κ2) is 4.61. The van der Waals surface area contributed by atoms with Gasteiger partial charge in [-0.3, -0.25) is 0 Å². The van der Waals surface area contributed by atoms with Crippen LogP contribution in [-0.2, 0) is 13.0 Å². The van der Waals surface area contributed by atoms with E-state index >= 15 is 0 Å². The molecule has 1 aromatic rings. The monoisotopic (exact) mass is 189 g/mol. The van der Waals surface area contributed by atoms with E-state index in [0.717, 1.165) is 6.54 Å². The van der Waals surface area contributed by atoms with Gasteiger partial charge in [0.05, 0.1) is 0 Å². The normalized spacial score (nSPS) is 20.5. The van der Waals surface area contributed by atoms with Crippen LogP contribution in [0.25, 0.3) is 0 Å². The fourth-order valence-electron chi connectivity index (χ4n) is 2.18. The highest BCUT2D eigenvalue weighted by Gasteiger charge is 2.16. The van der Waals surface area contributed by atoms with Gasteiger partial charge < -0.3 is 5.32 Å². The van der Waals surface area contributed by atoms with Crippen LogP contribution in [0, 0.1) is 0 Å². The van der Waals surface area contributed by atoms with Gasteiger partial charge in [0.25, 0.3) is 0 Å². The second-order valence-electron chi connectivity index (χ2n) is 4.19. The SMILES string of the molecule is CCCCC1Cc2ccccc2CN1. The molecule has 1 aromatic carbocycles. The smallest absolute Gasteiger partial charge is 0.0210 e. The molecule has 0 fully saturated rings. The average molecular weight is 189 g/mol. The van der Waals surface area contributed by atoms with Crippen molar-refractivity contribution in [3.63, 3.8) is 0 Å². The van der Waals surface area contributed by atoms with Gasteiger partial charge in [0.15, 0.2) is 0 Å². The molecule has 0 saturated heterocycles. The van der Waals surface area contributed by atoms with Gasteiger partial charge in [-0.15, -0.1) is 0 Å². The maximum absolute atomic E-state index is 3.61. The molecule has 0 bridgehead atoms. The van der Waals surface area contributed by atoms with Crippen LogP contribution in [0.4, 0.5) is 0 Å². The average Bonchev–Trinajstić information content (AvgIpc) is 2.26. The second-order valence-corrected chi connectivity index (χ2v) is 4.19. The number of fused-ring (bicyclic) bond motifs is 1. The van der Waals surface area contributed by atoms with Gasteiger partial charge >= 0.3 is 0 Å². The lowest BCUT2D eigenvalue weighted by Crippen LogP contribution is -2.35. The zero-order valence-electron chi connectivity index (χ0n) is 8.92. The van der Waals surface area contributed by atoms with Gasteiger partial charge in [-0.1, -0.05) is 44.0 Å². The summed E-state index contributed by atoms with van der Waals surface area (Å²) in [4.78, 5) is 0. The summed E-state index contributed by atoms with van der Waals surface area (Å²) in [6.45, 7) is 3.32. The lowest BCUT2D eigenvalue weighted by Gasteiger charge is -2.25. The molecule has 1 atom stereocenters. The first kappa shape index (κ1) is 9.72. The molecule has 0 amide bonds. The van der Waals surface area contributed by atoms with E-state index in [2.05, 4.69) is 36.5 Å². The zero-order valence-corrected chi connectivity index (χ0v) is 8.92.